The van der Waals surface area contributed by atoms with E-state index in [1.54, 1.807) is 19.9 Å². The van der Waals surface area contributed by atoms with Crippen molar-refractivity contribution in [1.29, 1.82) is 5.26 Å². The maximum atomic E-state index is 12.8. The lowest BCUT2D eigenvalue weighted by molar-refractivity contribution is -0.149. The maximum absolute atomic E-state index is 12.8. The molecule has 0 saturated heterocycles. The number of sulfonamides is 1. The number of rotatable bonds is 8. The van der Waals surface area contributed by atoms with E-state index in [1.165, 1.54) is 25.1 Å². The predicted octanol–water partition coefficient (Wildman–Crippen LogP) is 0.629. The van der Waals surface area contributed by atoms with Crippen LogP contribution in [0.2, 0.25) is 0 Å². The molecule has 3 N–H and O–H groups in total. The quantitative estimate of drug-likeness (QED) is 0.338. The summed E-state index contributed by atoms with van der Waals surface area (Å²) in [6.45, 7) is 4.53. The molecule has 1 aromatic rings. The monoisotopic (exact) mass is 437 g/mol. The second kappa shape index (κ2) is 9.60. The summed E-state index contributed by atoms with van der Waals surface area (Å²) in [5.74, 6) is -1.50. The molecule has 0 radical (unpaired) electrons. The first-order valence-electron chi connectivity index (χ1n) is 9.05. The van der Waals surface area contributed by atoms with Gasteiger partial charge in [0.2, 0.25) is 15.8 Å². The molecule has 0 aliphatic carbocycles. The number of carbonyl (C=O) groups is 2. The Balaban J connectivity index is 2.14. The number of nitrogens with two attached hydrogens (primary N) is 1. The molecular weight excluding hydrogens is 414 g/mol. The van der Waals surface area contributed by atoms with E-state index in [0.29, 0.717) is 19.0 Å². The third-order valence-corrected chi connectivity index (χ3v) is 5.60. The summed E-state index contributed by atoms with van der Waals surface area (Å²) in [5.41, 5.74) is 5.12. The van der Waals surface area contributed by atoms with E-state index in [4.69, 9.17) is 25.2 Å². The van der Waals surface area contributed by atoms with Crippen LogP contribution in [0.25, 0.3) is 0 Å². The molecule has 2 rings (SSSR count). The number of carbonyl (C=O) groups excluding carboxylic acids is 2. The molecule has 10 nitrogen and oxygen atoms in total. The largest absolute Gasteiger partial charge is 0.486 e. The van der Waals surface area contributed by atoms with Crippen LogP contribution in [0.1, 0.15) is 20.8 Å². The Morgan fingerprint density at radius 2 is 1.90 bits per heavy atom. The summed E-state index contributed by atoms with van der Waals surface area (Å²) in [5, 5.41) is 8.93. The van der Waals surface area contributed by atoms with E-state index in [-0.39, 0.29) is 21.9 Å². The molecule has 0 aromatic heterocycles. The summed E-state index contributed by atoms with van der Waals surface area (Å²) < 4.78 is 43.5. The number of fused-ring (bicyclic) bond motifs is 1. The Kier molecular flexibility index (Phi) is 7.42. The van der Waals surface area contributed by atoms with Crippen LogP contribution in [-0.4, -0.2) is 46.0 Å². The topological polar surface area (TPSA) is 158 Å². The molecule has 1 aromatic carbocycles. The van der Waals surface area contributed by atoms with E-state index in [9.17, 15) is 18.0 Å². The molecule has 1 heterocycles. The number of Topliss-reactive ketones (excluding diaryl/α,β-unsaturated/α-hetero) is 1. The van der Waals surface area contributed by atoms with Crippen LogP contribution in [0.3, 0.4) is 0 Å². The fourth-order valence-corrected chi connectivity index (χ4v) is 3.90. The fourth-order valence-electron chi connectivity index (χ4n) is 2.55. The first-order chi connectivity index (χ1) is 14.1. The van der Waals surface area contributed by atoms with E-state index in [1.807, 2.05) is 0 Å². The van der Waals surface area contributed by atoms with Gasteiger partial charge in [0.05, 0.1) is 4.90 Å². The standard InChI is InChI=1S/C19H23N3O7S/c1-11(2)18(19(24)29-10-15(23)14(9-20)12(3)21)22-30(25,26)13-4-5-16-17(8-13)28-7-6-27-16/h4-5,8,11,18,22H,6-7,10,21H2,1-3H3/b14-12-/t18-/m0/s1. The van der Waals surface area contributed by atoms with Gasteiger partial charge in [0.25, 0.3) is 0 Å². The highest BCUT2D eigenvalue weighted by Gasteiger charge is 2.31. The lowest BCUT2D eigenvalue weighted by atomic mass is 10.1. The van der Waals surface area contributed by atoms with E-state index in [0.717, 1.165) is 0 Å². The molecular formula is C19H23N3O7S. The predicted molar refractivity (Wildman–Crippen MR) is 105 cm³/mol. The van der Waals surface area contributed by atoms with Crippen molar-refractivity contribution in [2.24, 2.45) is 11.7 Å². The molecule has 0 bridgehead atoms. The van der Waals surface area contributed by atoms with E-state index < -0.39 is 40.3 Å². The average molecular weight is 437 g/mol. The highest BCUT2D eigenvalue weighted by molar-refractivity contribution is 7.89. The summed E-state index contributed by atoms with van der Waals surface area (Å²) in [7, 11) is -4.11. The van der Waals surface area contributed by atoms with Crippen molar-refractivity contribution < 1.29 is 32.2 Å². The van der Waals surface area contributed by atoms with Gasteiger partial charge in [0.1, 0.15) is 30.9 Å². The minimum absolute atomic E-state index is 0.00160. The second-order valence-electron chi connectivity index (χ2n) is 6.85. The van der Waals surface area contributed by atoms with Crippen molar-refractivity contribution in [1.82, 2.24) is 4.72 Å². The average Bonchev–Trinajstić information content (AvgIpc) is 2.70. The van der Waals surface area contributed by atoms with Crippen LogP contribution < -0.4 is 19.9 Å². The first-order valence-corrected chi connectivity index (χ1v) is 10.5. The van der Waals surface area contributed by atoms with Gasteiger partial charge in [-0.2, -0.15) is 9.98 Å². The first kappa shape index (κ1) is 23.2. The summed E-state index contributed by atoms with van der Waals surface area (Å²) >= 11 is 0. The summed E-state index contributed by atoms with van der Waals surface area (Å²) in [6, 6.07) is 4.48. The van der Waals surface area contributed by atoms with Crippen LogP contribution in [0.15, 0.2) is 34.4 Å². The number of hydrogen-bond acceptors (Lipinski definition) is 9. The van der Waals surface area contributed by atoms with Gasteiger partial charge >= 0.3 is 5.97 Å². The molecule has 162 valence electrons. The normalized spacial score (nSPS) is 15.0. The number of nitrogens with one attached hydrogen (secondary N) is 1. The zero-order valence-corrected chi connectivity index (χ0v) is 17.6. The number of esters is 1. The lowest BCUT2D eigenvalue weighted by Crippen LogP contribution is -2.45. The molecule has 1 aliphatic heterocycles. The van der Waals surface area contributed by atoms with Crippen molar-refractivity contribution >= 4 is 21.8 Å². The highest BCUT2D eigenvalue weighted by atomic mass is 32.2. The Labute approximate surface area is 174 Å². The van der Waals surface area contributed by atoms with Gasteiger partial charge in [-0.1, -0.05) is 13.8 Å². The molecule has 30 heavy (non-hydrogen) atoms. The number of ketones is 1. The SMILES string of the molecule is C/C(N)=C(\C#N)C(=O)COC(=O)[C@@H](NS(=O)(=O)c1ccc2c(c1)OCCO2)C(C)C. The van der Waals surface area contributed by atoms with Gasteiger partial charge in [-0.25, -0.2) is 8.42 Å². The van der Waals surface area contributed by atoms with E-state index in [2.05, 4.69) is 4.72 Å². The van der Waals surface area contributed by atoms with Gasteiger partial charge in [-0.05, 0) is 25.0 Å². The Morgan fingerprint density at radius 3 is 2.47 bits per heavy atom. The van der Waals surface area contributed by atoms with Gasteiger partial charge < -0.3 is 19.9 Å². The maximum Gasteiger partial charge on any atom is 0.324 e. The fraction of sp³-hybridized carbons (Fsp3) is 0.421. The van der Waals surface area contributed by atoms with Crippen LogP contribution in [0, 0.1) is 17.2 Å². The van der Waals surface area contributed by atoms with Gasteiger partial charge in [-0.15, -0.1) is 0 Å². The van der Waals surface area contributed by atoms with Crippen LogP contribution in [0.5, 0.6) is 11.5 Å². The Hall–Kier alpha value is -3.10. The molecule has 0 saturated carbocycles. The number of ether oxygens (including phenoxy) is 3. The van der Waals surface area contributed by atoms with Crippen molar-refractivity contribution in [2.45, 2.75) is 31.7 Å². The van der Waals surface area contributed by atoms with Crippen molar-refractivity contribution in [3.8, 4) is 17.6 Å². The lowest BCUT2D eigenvalue weighted by Gasteiger charge is -2.22. The van der Waals surface area contributed by atoms with Crippen molar-refractivity contribution in [2.75, 3.05) is 19.8 Å². The van der Waals surface area contributed by atoms with Gasteiger partial charge in [0, 0.05) is 11.8 Å². The molecule has 1 aliphatic rings. The van der Waals surface area contributed by atoms with E-state index >= 15 is 0 Å². The zero-order valence-electron chi connectivity index (χ0n) is 16.8. The minimum Gasteiger partial charge on any atom is -0.486 e. The minimum atomic E-state index is -4.11. The number of benzene rings is 1. The third-order valence-electron chi connectivity index (χ3n) is 4.16. The molecule has 0 fully saturated rings. The molecule has 11 heteroatoms. The summed E-state index contributed by atoms with van der Waals surface area (Å²) in [4.78, 5) is 24.3. The van der Waals surface area contributed by atoms with Crippen LogP contribution in [-0.2, 0) is 24.3 Å². The van der Waals surface area contributed by atoms with Crippen molar-refractivity contribution in [3.63, 3.8) is 0 Å². The molecule has 1 atom stereocenters. The van der Waals surface area contributed by atoms with Gasteiger partial charge in [0.15, 0.2) is 18.1 Å². The number of hydrogen-bond donors (Lipinski definition) is 2. The van der Waals surface area contributed by atoms with Crippen LogP contribution in [0.4, 0.5) is 0 Å². The Bertz CT molecular complexity index is 1010. The zero-order chi connectivity index (χ0) is 22.5. The van der Waals surface area contributed by atoms with Gasteiger partial charge in [-0.3, -0.25) is 9.59 Å². The smallest absolute Gasteiger partial charge is 0.324 e. The number of nitrogens with zero attached hydrogens (tertiary/aromatic N) is 1. The second-order valence-corrected chi connectivity index (χ2v) is 8.56. The highest BCUT2D eigenvalue weighted by Crippen LogP contribution is 2.32. The Morgan fingerprint density at radius 1 is 1.27 bits per heavy atom. The van der Waals surface area contributed by atoms with Crippen LogP contribution >= 0.6 is 0 Å². The summed E-state index contributed by atoms with van der Waals surface area (Å²) in [6.07, 6.45) is 0. The molecule has 0 amide bonds. The third kappa shape index (κ3) is 5.49. The molecule has 0 unspecified atom stereocenters. The number of nitriles is 1. The number of allylic oxidation sites excluding steroid dienone is 1. The van der Waals surface area contributed by atoms with Crippen molar-refractivity contribution in [3.05, 3.63) is 29.5 Å². The molecule has 0 spiro atoms.